The van der Waals surface area contributed by atoms with Gasteiger partial charge in [-0.15, -0.1) is 0 Å². The number of aliphatic imine (C=N–C) groups is 1. The molecule has 0 aromatic heterocycles. The van der Waals surface area contributed by atoms with Crippen LogP contribution in [0.25, 0.3) is 0 Å². The van der Waals surface area contributed by atoms with Crippen molar-refractivity contribution < 1.29 is 0 Å². The van der Waals surface area contributed by atoms with Gasteiger partial charge in [0.1, 0.15) is 0 Å². The van der Waals surface area contributed by atoms with Crippen molar-refractivity contribution in [3.63, 3.8) is 0 Å². The molecule has 2 heteroatoms. The zero-order valence-electron chi connectivity index (χ0n) is 13.8. The predicted octanol–water partition coefficient (Wildman–Crippen LogP) is 5.45. The highest BCUT2D eigenvalue weighted by Gasteiger charge is 1.94. The second kappa shape index (κ2) is 18.1. The number of nitrogens with one attached hydrogen (secondary N) is 1. The number of hydrogen-bond acceptors (Lipinski definition) is 1. The number of benzene rings is 1. The van der Waals surface area contributed by atoms with Crippen molar-refractivity contribution >= 4 is 12.0 Å². The molecule has 0 spiro atoms. The van der Waals surface area contributed by atoms with Crippen molar-refractivity contribution in [3.8, 4) is 0 Å². The lowest BCUT2D eigenvalue weighted by atomic mass is 10.1. The second-order valence-corrected chi connectivity index (χ2v) is 2.85. The van der Waals surface area contributed by atoms with E-state index in [0.29, 0.717) is 0 Å². The Labute approximate surface area is 115 Å². The Morgan fingerprint density at radius 3 is 1.83 bits per heavy atom. The number of hydrogen-bond donors (Lipinski definition) is 1. The van der Waals surface area contributed by atoms with E-state index >= 15 is 0 Å². The Bertz CT molecular complexity index is 291. The molecule has 0 fully saturated rings. The molecule has 0 bridgehead atoms. The number of nitrogens with zero attached hydrogens (tertiary/aromatic N) is 1. The van der Waals surface area contributed by atoms with Gasteiger partial charge >= 0.3 is 0 Å². The van der Waals surface area contributed by atoms with Crippen LogP contribution in [0.5, 0.6) is 0 Å². The molecule has 0 aliphatic carbocycles. The van der Waals surface area contributed by atoms with E-state index in [9.17, 15) is 0 Å². The van der Waals surface area contributed by atoms with E-state index in [0.717, 1.165) is 5.69 Å². The molecule has 2 nitrogen and oxygen atoms in total. The van der Waals surface area contributed by atoms with Crippen LogP contribution in [0, 0.1) is 13.8 Å². The molecule has 18 heavy (non-hydrogen) atoms. The lowest BCUT2D eigenvalue weighted by molar-refractivity contribution is 1.37. The average Bonchev–Trinajstić information content (AvgIpc) is 2.45. The molecular formula is C16H32N2. The van der Waals surface area contributed by atoms with Crippen LogP contribution in [0.15, 0.2) is 23.2 Å². The first-order chi connectivity index (χ1) is 8.74. The van der Waals surface area contributed by atoms with Crippen LogP contribution in [0.3, 0.4) is 0 Å². The van der Waals surface area contributed by atoms with E-state index in [1.807, 2.05) is 41.5 Å². The van der Waals surface area contributed by atoms with Crippen LogP contribution >= 0.6 is 0 Å². The van der Waals surface area contributed by atoms with Gasteiger partial charge < -0.3 is 5.32 Å². The topological polar surface area (TPSA) is 24.4 Å². The monoisotopic (exact) mass is 252 g/mol. The first-order valence-electron chi connectivity index (χ1n) is 6.98. The van der Waals surface area contributed by atoms with Crippen molar-refractivity contribution in [2.75, 3.05) is 12.4 Å². The van der Waals surface area contributed by atoms with E-state index in [2.05, 4.69) is 42.4 Å². The van der Waals surface area contributed by atoms with Crippen LogP contribution in [-0.2, 0) is 0 Å². The maximum absolute atomic E-state index is 3.86. The Kier molecular flexibility index (Phi) is 22.0. The summed E-state index contributed by atoms with van der Waals surface area (Å²) in [6.45, 7) is 16.2. The van der Waals surface area contributed by atoms with Gasteiger partial charge in [-0.2, -0.15) is 0 Å². The van der Waals surface area contributed by atoms with Gasteiger partial charge in [0, 0.05) is 12.7 Å². The van der Waals surface area contributed by atoms with Crippen molar-refractivity contribution in [1.82, 2.24) is 0 Å². The van der Waals surface area contributed by atoms with Crippen molar-refractivity contribution in [2.45, 2.75) is 55.4 Å². The van der Waals surface area contributed by atoms with E-state index in [1.54, 1.807) is 13.4 Å². The highest BCUT2D eigenvalue weighted by Crippen LogP contribution is 2.14. The van der Waals surface area contributed by atoms with Gasteiger partial charge in [-0.25, -0.2) is 0 Å². The molecule has 1 N–H and O–H groups in total. The summed E-state index contributed by atoms with van der Waals surface area (Å²) in [6, 6.07) is 6.29. The van der Waals surface area contributed by atoms with E-state index in [-0.39, 0.29) is 0 Å². The summed E-state index contributed by atoms with van der Waals surface area (Å²) >= 11 is 0. The lowest BCUT2D eigenvalue weighted by Crippen LogP contribution is -1.96. The largest absolute Gasteiger partial charge is 0.347 e. The number of rotatable bonds is 2. The van der Waals surface area contributed by atoms with Gasteiger partial charge in [-0.05, 0) is 25.5 Å². The summed E-state index contributed by atoms with van der Waals surface area (Å²) in [5, 5.41) is 3.10. The molecule has 1 aromatic rings. The maximum Gasteiger partial charge on any atom is 0.0864 e. The van der Waals surface area contributed by atoms with Crippen LogP contribution in [-0.4, -0.2) is 13.4 Å². The molecule has 0 unspecified atom stereocenters. The minimum atomic E-state index is 1.12. The Morgan fingerprint density at radius 2 is 1.44 bits per heavy atom. The minimum Gasteiger partial charge on any atom is -0.347 e. The molecule has 1 rings (SSSR count). The third kappa shape index (κ3) is 11.2. The average molecular weight is 252 g/mol. The van der Waals surface area contributed by atoms with Gasteiger partial charge in [0.2, 0.25) is 0 Å². The second-order valence-electron chi connectivity index (χ2n) is 2.85. The van der Waals surface area contributed by atoms with Crippen LogP contribution in [0.4, 0.5) is 5.69 Å². The molecule has 106 valence electrons. The Hall–Kier alpha value is -1.31. The third-order valence-electron chi connectivity index (χ3n) is 1.73. The highest BCUT2D eigenvalue weighted by molar-refractivity contribution is 5.77. The van der Waals surface area contributed by atoms with E-state index in [4.69, 9.17) is 0 Å². The normalized spacial score (nSPS) is 8.06. The fraction of sp³-hybridized carbons (Fsp3) is 0.562. The standard InChI is InChI=1S/C10H14N2.3C2H6/c1-8-4-5-10(9(2)6-8)12-7-11-3;3*1-2/h4-7H,1-3H3,(H,11,12);3*1-2H3. The number of aryl methyl sites for hydroxylation is 2. The molecule has 0 amide bonds. The van der Waals surface area contributed by atoms with Crippen molar-refractivity contribution in [2.24, 2.45) is 4.99 Å². The third-order valence-corrected chi connectivity index (χ3v) is 1.73. The van der Waals surface area contributed by atoms with Gasteiger partial charge in [0.15, 0.2) is 0 Å². The fourth-order valence-corrected chi connectivity index (χ4v) is 1.11. The van der Waals surface area contributed by atoms with Crippen LogP contribution in [0.2, 0.25) is 0 Å². The minimum absolute atomic E-state index is 1.12. The Balaban J connectivity index is -0.000000328. The van der Waals surface area contributed by atoms with Crippen molar-refractivity contribution in [3.05, 3.63) is 29.3 Å². The summed E-state index contributed by atoms with van der Waals surface area (Å²) in [7, 11) is 1.75. The molecular weight excluding hydrogens is 220 g/mol. The van der Waals surface area contributed by atoms with Gasteiger partial charge in [0.25, 0.3) is 0 Å². The van der Waals surface area contributed by atoms with Crippen LogP contribution < -0.4 is 5.32 Å². The van der Waals surface area contributed by atoms with E-state index in [1.165, 1.54) is 11.1 Å². The smallest absolute Gasteiger partial charge is 0.0864 e. The predicted molar refractivity (Wildman–Crippen MR) is 88.0 cm³/mol. The quantitative estimate of drug-likeness (QED) is 0.549. The number of anilines is 1. The molecule has 0 aliphatic rings. The first kappa shape index (κ1) is 21.9. The van der Waals surface area contributed by atoms with Crippen LogP contribution in [0.1, 0.15) is 52.7 Å². The molecule has 0 saturated heterocycles. The maximum atomic E-state index is 3.86. The zero-order chi connectivity index (χ0) is 15.0. The summed E-state index contributed by atoms with van der Waals surface area (Å²) in [6.07, 6.45) is 1.69. The van der Waals surface area contributed by atoms with Gasteiger partial charge in [0.05, 0.1) is 6.34 Å². The zero-order valence-corrected chi connectivity index (χ0v) is 13.8. The molecule has 0 saturated carbocycles. The summed E-state index contributed by atoms with van der Waals surface area (Å²) in [5.74, 6) is 0. The summed E-state index contributed by atoms with van der Waals surface area (Å²) in [4.78, 5) is 3.86. The van der Waals surface area contributed by atoms with E-state index < -0.39 is 0 Å². The van der Waals surface area contributed by atoms with Gasteiger partial charge in [-0.1, -0.05) is 59.2 Å². The summed E-state index contributed by atoms with van der Waals surface area (Å²) in [5.41, 5.74) is 3.65. The summed E-state index contributed by atoms with van der Waals surface area (Å²) < 4.78 is 0. The molecule has 0 atom stereocenters. The first-order valence-corrected chi connectivity index (χ1v) is 6.98. The molecule has 0 radical (unpaired) electrons. The molecule has 0 heterocycles. The SMILES string of the molecule is CC.CC.CC.CN=CNc1ccc(C)cc1C. The Morgan fingerprint density at radius 1 is 0.944 bits per heavy atom. The fourth-order valence-electron chi connectivity index (χ4n) is 1.11. The molecule has 0 aliphatic heterocycles. The highest BCUT2D eigenvalue weighted by atomic mass is 14.9. The lowest BCUT2D eigenvalue weighted by Gasteiger charge is -2.04. The van der Waals surface area contributed by atoms with Crippen molar-refractivity contribution in [1.29, 1.82) is 0 Å². The van der Waals surface area contributed by atoms with Gasteiger partial charge in [-0.3, -0.25) is 4.99 Å². The molecule has 1 aromatic carbocycles.